The van der Waals surface area contributed by atoms with Crippen LogP contribution in [-0.4, -0.2) is 25.1 Å². The van der Waals surface area contributed by atoms with Crippen LogP contribution in [0.5, 0.6) is 0 Å². The van der Waals surface area contributed by atoms with Crippen molar-refractivity contribution in [2.75, 3.05) is 5.75 Å². The van der Waals surface area contributed by atoms with E-state index >= 15 is 0 Å². The van der Waals surface area contributed by atoms with Crippen molar-refractivity contribution in [3.8, 4) is 0 Å². The van der Waals surface area contributed by atoms with E-state index < -0.39 is 9.84 Å². The Morgan fingerprint density at radius 1 is 1.33 bits per heavy atom. The van der Waals surface area contributed by atoms with E-state index in [0.717, 1.165) is 5.01 Å². The molecule has 0 saturated heterocycles. The third kappa shape index (κ3) is 4.52. The number of carbonyl (C=O) groups is 1. The maximum Gasteiger partial charge on any atom is 0.221 e. The zero-order chi connectivity index (χ0) is 15.3. The van der Waals surface area contributed by atoms with E-state index in [4.69, 9.17) is 11.6 Å². The van der Waals surface area contributed by atoms with Crippen LogP contribution in [0.1, 0.15) is 11.4 Å². The Bertz CT molecular complexity index is 715. The van der Waals surface area contributed by atoms with E-state index in [1.165, 1.54) is 23.5 Å². The predicted molar refractivity (Wildman–Crippen MR) is 82.1 cm³/mol. The van der Waals surface area contributed by atoms with Crippen LogP contribution in [0, 0.1) is 0 Å². The number of nitrogens with one attached hydrogen (secondary N) is 1. The highest BCUT2D eigenvalue weighted by Crippen LogP contribution is 2.22. The third-order valence-corrected chi connectivity index (χ3v) is 5.68. The van der Waals surface area contributed by atoms with Gasteiger partial charge in [-0.1, -0.05) is 23.7 Å². The molecule has 1 aromatic carbocycles. The second-order valence-corrected chi connectivity index (χ2v) is 7.67. The van der Waals surface area contributed by atoms with Gasteiger partial charge in [-0.25, -0.2) is 13.4 Å². The normalized spacial score (nSPS) is 11.3. The highest BCUT2D eigenvalue weighted by molar-refractivity contribution is 7.91. The Labute approximate surface area is 131 Å². The van der Waals surface area contributed by atoms with Crippen LogP contribution >= 0.6 is 22.9 Å². The molecule has 0 fully saturated rings. The number of hydrogen-bond donors (Lipinski definition) is 1. The molecule has 21 heavy (non-hydrogen) atoms. The van der Waals surface area contributed by atoms with Gasteiger partial charge in [-0.2, -0.15) is 0 Å². The molecule has 1 N–H and O–H groups in total. The monoisotopic (exact) mass is 344 g/mol. The van der Waals surface area contributed by atoms with E-state index in [9.17, 15) is 13.2 Å². The lowest BCUT2D eigenvalue weighted by atomic mass is 10.4. The van der Waals surface area contributed by atoms with Crippen molar-refractivity contribution in [2.45, 2.75) is 17.9 Å². The fourth-order valence-corrected chi connectivity index (χ4v) is 4.01. The van der Waals surface area contributed by atoms with Gasteiger partial charge in [0.25, 0.3) is 0 Å². The Morgan fingerprint density at radius 2 is 2.10 bits per heavy atom. The minimum Gasteiger partial charge on any atom is -0.350 e. The zero-order valence-electron chi connectivity index (χ0n) is 11.0. The van der Waals surface area contributed by atoms with Crippen LogP contribution in [0.2, 0.25) is 5.02 Å². The van der Waals surface area contributed by atoms with Gasteiger partial charge in [-0.3, -0.25) is 4.79 Å². The highest BCUT2D eigenvalue weighted by atomic mass is 35.5. The second kappa shape index (κ2) is 7.02. The maximum absolute atomic E-state index is 12.1. The first-order valence-corrected chi connectivity index (χ1v) is 9.02. The number of amides is 1. The largest absolute Gasteiger partial charge is 0.350 e. The number of sulfone groups is 1. The summed E-state index contributed by atoms with van der Waals surface area (Å²) >= 11 is 7.29. The summed E-state index contributed by atoms with van der Waals surface area (Å²) in [4.78, 5) is 15.7. The fraction of sp³-hybridized carbons (Fsp3) is 0.231. The molecule has 0 aliphatic rings. The molecule has 0 atom stereocenters. The second-order valence-electron chi connectivity index (χ2n) is 4.20. The molecule has 1 amide bonds. The van der Waals surface area contributed by atoms with Crippen molar-refractivity contribution in [1.82, 2.24) is 10.3 Å². The number of aromatic nitrogens is 1. The van der Waals surface area contributed by atoms with E-state index in [1.54, 1.807) is 18.3 Å². The zero-order valence-corrected chi connectivity index (χ0v) is 13.3. The molecule has 2 rings (SSSR count). The standard InChI is InChI=1S/C13H13ClN2O3S2/c14-10-3-1-2-4-11(10)21(18,19)8-5-12(17)16-9-13-15-6-7-20-13/h1-4,6-7H,5,8-9H2,(H,16,17). The van der Waals surface area contributed by atoms with Crippen molar-refractivity contribution < 1.29 is 13.2 Å². The summed E-state index contributed by atoms with van der Waals surface area (Å²) in [6.07, 6.45) is 1.53. The summed E-state index contributed by atoms with van der Waals surface area (Å²) in [7, 11) is -3.56. The van der Waals surface area contributed by atoms with Crippen LogP contribution < -0.4 is 5.32 Å². The van der Waals surface area contributed by atoms with Gasteiger partial charge >= 0.3 is 0 Å². The molecule has 5 nitrogen and oxygen atoms in total. The van der Waals surface area contributed by atoms with Crippen LogP contribution in [0.25, 0.3) is 0 Å². The van der Waals surface area contributed by atoms with Crippen molar-refractivity contribution in [3.63, 3.8) is 0 Å². The Morgan fingerprint density at radius 3 is 2.76 bits per heavy atom. The first-order chi connectivity index (χ1) is 9.99. The summed E-state index contributed by atoms with van der Waals surface area (Å²) in [6.45, 7) is 0.308. The van der Waals surface area contributed by atoms with Gasteiger partial charge in [0.2, 0.25) is 5.91 Å². The van der Waals surface area contributed by atoms with Gasteiger partial charge in [-0.15, -0.1) is 11.3 Å². The van der Waals surface area contributed by atoms with Gasteiger partial charge in [0.1, 0.15) is 5.01 Å². The molecule has 0 aliphatic carbocycles. The quantitative estimate of drug-likeness (QED) is 0.872. The van der Waals surface area contributed by atoms with E-state index in [0.29, 0.717) is 6.54 Å². The van der Waals surface area contributed by atoms with Gasteiger partial charge < -0.3 is 5.32 Å². The van der Waals surface area contributed by atoms with Crippen LogP contribution in [0.3, 0.4) is 0 Å². The molecule has 112 valence electrons. The molecule has 0 aliphatic heterocycles. The van der Waals surface area contributed by atoms with Crippen LogP contribution in [0.15, 0.2) is 40.7 Å². The Kier molecular flexibility index (Phi) is 5.33. The van der Waals surface area contributed by atoms with Crippen LogP contribution in [0.4, 0.5) is 0 Å². The topological polar surface area (TPSA) is 76.1 Å². The minimum absolute atomic E-state index is 0.0550. The summed E-state index contributed by atoms with van der Waals surface area (Å²) in [5.74, 6) is -0.610. The average molecular weight is 345 g/mol. The smallest absolute Gasteiger partial charge is 0.221 e. The number of halogens is 1. The third-order valence-electron chi connectivity index (χ3n) is 2.69. The molecule has 0 bridgehead atoms. The number of carbonyl (C=O) groups excluding carboxylic acids is 1. The average Bonchev–Trinajstić information content (AvgIpc) is 2.96. The molecule has 0 spiro atoms. The number of rotatable bonds is 6. The highest BCUT2D eigenvalue weighted by Gasteiger charge is 2.19. The van der Waals surface area contributed by atoms with E-state index in [2.05, 4.69) is 10.3 Å². The summed E-state index contributed by atoms with van der Waals surface area (Å²) in [6, 6.07) is 6.20. The molecule has 1 aromatic heterocycles. The number of thiazole rings is 1. The van der Waals surface area contributed by atoms with E-state index in [-0.39, 0.29) is 28.0 Å². The lowest BCUT2D eigenvalue weighted by Crippen LogP contribution is -2.25. The summed E-state index contributed by atoms with van der Waals surface area (Å²) < 4.78 is 24.2. The summed E-state index contributed by atoms with van der Waals surface area (Å²) in [5.41, 5.74) is 0. The van der Waals surface area contributed by atoms with Crippen molar-refractivity contribution in [1.29, 1.82) is 0 Å². The molecule has 0 saturated carbocycles. The number of hydrogen-bond acceptors (Lipinski definition) is 5. The van der Waals surface area contributed by atoms with E-state index in [1.807, 2.05) is 5.38 Å². The predicted octanol–water partition coefficient (Wildman–Crippen LogP) is 2.28. The van der Waals surface area contributed by atoms with Gasteiger partial charge in [0.05, 0.1) is 22.2 Å². The lowest BCUT2D eigenvalue weighted by Gasteiger charge is -2.06. The first-order valence-electron chi connectivity index (χ1n) is 6.11. The van der Waals surface area contributed by atoms with Crippen molar-refractivity contribution in [3.05, 3.63) is 45.9 Å². The molecule has 0 unspecified atom stereocenters. The van der Waals surface area contributed by atoms with Crippen LogP contribution in [-0.2, 0) is 21.2 Å². The molecule has 1 heterocycles. The van der Waals surface area contributed by atoms with Crippen molar-refractivity contribution in [2.24, 2.45) is 0 Å². The number of nitrogens with zero attached hydrogens (tertiary/aromatic N) is 1. The molecule has 2 aromatic rings. The first kappa shape index (κ1) is 15.9. The maximum atomic E-state index is 12.1. The summed E-state index contributed by atoms with van der Waals surface area (Å²) in [5, 5.41) is 5.39. The Hall–Kier alpha value is -1.44. The fourth-order valence-electron chi connectivity index (χ4n) is 1.64. The SMILES string of the molecule is O=C(CCS(=O)(=O)c1ccccc1Cl)NCc1nccs1. The molecular formula is C13H13ClN2O3S2. The minimum atomic E-state index is -3.56. The van der Waals surface area contributed by atoms with Crippen molar-refractivity contribution >= 4 is 38.7 Å². The molecule has 8 heteroatoms. The molecular weight excluding hydrogens is 332 g/mol. The van der Waals surface area contributed by atoms with Gasteiger partial charge in [0, 0.05) is 18.0 Å². The Balaban J connectivity index is 1.90. The lowest BCUT2D eigenvalue weighted by molar-refractivity contribution is -0.120. The van der Waals surface area contributed by atoms with Gasteiger partial charge in [-0.05, 0) is 12.1 Å². The number of benzene rings is 1. The van der Waals surface area contributed by atoms with Gasteiger partial charge in [0.15, 0.2) is 9.84 Å². The molecule has 0 radical (unpaired) electrons.